The molecule has 0 bridgehead atoms. The van der Waals surface area contributed by atoms with Crippen molar-refractivity contribution in [3.63, 3.8) is 0 Å². The molecule has 4 atom stereocenters. The number of nitrogens with zero attached hydrogens (tertiary/aromatic N) is 1. The van der Waals surface area contributed by atoms with Crippen LogP contribution in [0.3, 0.4) is 0 Å². The van der Waals surface area contributed by atoms with Gasteiger partial charge < -0.3 is 5.32 Å². The van der Waals surface area contributed by atoms with Crippen LogP contribution in [0.25, 0.3) is 0 Å². The number of nitrogens with one attached hydrogen (secondary N) is 1. The normalized spacial score (nSPS) is 36.5. The van der Waals surface area contributed by atoms with Crippen LogP contribution in [0.5, 0.6) is 0 Å². The Balaban J connectivity index is 2.02. The van der Waals surface area contributed by atoms with E-state index in [0.29, 0.717) is 6.04 Å². The van der Waals surface area contributed by atoms with E-state index >= 15 is 0 Å². The Morgan fingerprint density at radius 1 is 1.05 bits per heavy atom. The zero-order chi connectivity index (χ0) is 14.5. The van der Waals surface area contributed by atoms with Crippen LogP contribution in [-0.2, 0) is 0 Å². The largest absolute Gasteiger partial charge is 0.312 e. The van der Waals surface area contributed by atoms with Gasteiger partial charge in [-0.15, -0.1) is 0 Å². The van der Waals surface area contributed by atoms with Gasteiger partial charge in [-0.05, 0) is 57.5 Å². The molecule has 2 rings (SSSR count). The molecule has 0 aromatic carbocycles. The predicted molar refractivity (Wildman–Crippen MR) is 88.1 cm³/mol. The minimum Gasteiger partial charge on any atom is -0.312 e. The van der Waals surface area contributed by atoms with Crippen LogP contribution in [0, 0.1) is 11.8 Å². The molecule has 4 unspecified atom stereocenters. The number of hydrogen-bond donors (Lipinski definition) is 1. The van der Waals surface area contributed by atoms with Crippen molar-refractivity contribution >= 4 is 0 Å². The fourth-order valence-electron chi connectivity index (χ4n) is 4.79. The lowest BCUT2D eigenvalue weighted by Crippen LogP contribution is -2.58. The molecule has 2 aliphatic carbocycles. The van der Waals surface area contributed by atoms with E-state index in [1.54, 1.807) is 0 Å². The maximum absolute atomic E-state index is 3.86. The van der Waals surface area contributed by atoms with E-state index in [9.17, 15) is 0 Å². The quantitative estimate of drug-likeness (QED) is 0.817. The predicted octanol–water partition coefficient (Wildman–Crippen LogP) is 4.05. The van der Waals surface area contributed by atoms with Gasteiger partial charge >= 0.3 is 0 Å². The van der Waals surface area contributed by atoms with Crippen LogP contribution in [0.1, 0.15) is 72.1 Å². The Labute approximate surface area is 126 Å². The molecule has 0 aromatic heterocycles. The minimum absolute atomic E-state index is 0.709. The zero-order valence-corrected chi connectivity index (χ0v) is 14.2. The lowest BCUT2D eigenvalue weighted by Gasteiger charge is -2.48. The maximum Gasteiger partial charge on any atom is 0.0274 e. The van der Waals surface area contributed by atoms with E-state index in [-0.39, 0.29) is 0 Å². The summed E-state index contributed by atoms with van der Waals surface area (Å²) < 4.78 is 0. The summed E-state index contributed by atoms with van der Waals surface area (Å²) in [6, 6.07) is 2.30. The third kappa shape index (κ3) is 3.98. The number of rotatable bonds is 5. The van der Waals surface area contributed by atoms with E-state index in [2.05, 4.69) is 38.0 Å². The molecular formula is C18H36N2. The molecule has 1 N–H and O–H groups in total. The Bertz CT molecular complexity index is 271. The molecule has 0 spiro atoms. The first kappa shape index (κ1) is 16.3. The third-order valence-corrected chi connectivity index (χ3v) is 5.70. The molecule has 0 amide bonds. The average Bonchev–Trinajstić information content (AvgIpc) is 2.45. The second-order valence-electron chi connectivity index (χ2n) is 7.56. The molecule has 2 saturated carbocycles. The van der Waals surface area contributed by atoms with Gasteiger partial charge in [0.25, 0.3) is 0 Å². The fourth-order valence-corrected chi connectivity index (χ4v) is 4.79. The standard InChI is InChI=1S/C18H36N2/c1-5-11-19-17-13-14(2)12-15(3)18(17)20(4)16-9-7-6-8-10-16/h14-19H,5-13H2,1-4H3. The number of likely N-dealkylation sites (N-methyl/N-ethyl adjacent to an activating group) is 1. The second-order valence-corrected chi connectivity index (χ2v) is 7.56. The summed E-state index contributed by atoms with van der Waals surface area (Å²) in [6.45, 7) is 8.38. The smallest absolute Gasteiger partial charge is 0.0274 e. The van der Waals surface area contributed by atoms with E-state index in [4.69, 9.17) is 0 Å². The van der Waals surface area contributed by atoms with Gasteiger partial charge in [0.15, 0.2) is 0 Å². The van der Waals surface area contributed by atoms with Crippen molar-refractivity contribution < 1.29 is 0 Å². The fraction of sp³-hybridized carbons (Fsp3) is 1.00. The summed E-state index contributed by atoms with van der Waals surface area (Å²) in [7, 11) is 2.41. The Kier molecular flexibility index (Phi) is 6.35. The molecule has 0 saturated heterocycles. The highest BCUT2D eigenvalue weighted by Gasteiger charge is 2.38. The topological polar surface area (TPSA) is 15.3 Å². The molecule has 0 aliphatic heterocycles. The molecule has 2 nitrogen and oxygen atoms in total. The highest BCUT2D eigenvalue weighted by atomic mass is 15.2. The van der Waals surface area contributed by atoms with Crippen LogP contribution in [0.2, 0.25) is 0 Å². The SMILES string of the molecule is CCCNC1CC(C)CC(C)C1N(C)C1CCCCC1. The lowest BCUT2D eigenvalue weighted by molar-refractivity contribution is 0.0381. The van der Waals surface area contributed by atoms with Crippen molar-refractivity contribution in [2.45, 2.75) is 90.3 Å². The molecule has 20 heavy (non-hydrogen) atoms. The van der Waals surface area contributed by atoms with Crippen LogP contribution in [-0.4, -0.2) is 36.6 Å². The van der Waals surface area contributed by atoms with Crippen molar-refractivity contribution in [3.8, 4) is 0 Å². The first-order valence-corrected chi connectivity index (χ1v) is 9.08. The Morgan fingerprint density at radius 2 is 1.75 bits per heavy atom. The molecule has 118 valence electrons. The van der Waals surface area contributed by atoms with Gasteiger partial charge in [-0.25, -0.2) is 0 Å². The molecule has 2 heteroatoms. The van der Waals surface area contributed by atoms with Crippen LogP contribution < -0.4 is 5.32 Å². The summed E-state index contributed by atoms with van der Waals surface area (Å²) in [5.74, 6) is 1.72. The molecule has 0 radical (unpaired) electrons. The Hall–Kier alpha value is -0.0800. The van der Waals surface area contributed by atoms with Crippen molar-refractivity contribution in [3.05, 3.63) is 0 Å². The van der Waals surface area contributed by atoms with Gasteiger partial charge in [0, 0.05) is 18.1 Å². The highest BCUT2D eigenvalue weighted by Crippen LogP contribution is 2.35. The van der Waals surface area contributed by atoms with Crippen LogP contribution in [0.15, 0.2) is 0 Å². The Morgan fingerprint density at radius 3 is 2.40 bits per heavy atom. The summed E-state index contributed by atoms with van der Waals surface area (Å²) in [5.41, 5.74) is 0. The lowest BCUT2D eigenvalue weighted by atomic mass is 9.75. The number of hydrogen-bond acceptors (Lipinski definition) is 2. The van der Waals surface area contributed by atoms with Gasteiger partial charge in [-0.3, -0.25) is 4.90 Å². The first-order valence-electron chi connectivity index (χ1n) is 9.08. The molecular weight excluding hydrogens is 244 g/mol. The zero-order valence-electron chi connectivity index (χ0n) is 14.2. The third-order valence-electron chi connectivity index (χ3n) is 5.70. The minimum atomic E-state index is 0.709. The van der Waals surface area contributed by atoms with Gasteiger partial charge in [-0.2, -0.15) is 0 Å². The highest BCUT2D eigenvalue weighted by molar-refractivity contribution is 4.95. The van der Waals surface area contributed by atoms with Gasteiger partial charge in [0.05, 0.1) is 0 Å². The molecule has 2 aliphatic rings. The molecule has 0 heterocycles. The van der Waals surface area contributed by atoms with Gasteiger partial charge in [0.1, 0.15) is 0 Å². The monoisotopic (exact) mass is 280 g/mol. The average molecular weight is 281 g/mol. The van der Waals surface area contributed by atoms with E-state index in [1.807, 2.05) is 0 Å². The maximum atomic E-state index is 3.86. The van der Waals surface area contributed by atoms with Crippen molar-refractivity contribution in [2.24, 2.45) is 11.8 Å². The van der Waals surface area contributed by atoms with Crippen molar-refractivity contribution in [2.75, 3.05) is 13.6 Å². The van der Waals surface area contributed by atoms with E-state index in [0.717, 1.165) is 23.9 Å². The van der Waals surface area contributed by atoms with Gasteiger partial charge in [-0.1, -0.05) is 40.0 Å². The first-order chi connectivity index (χ1) is 9.63. The summed E-state index contributed by atoms with van der Waals surface area (Å²) in [5, 5.41) is 3.86. The van der Waals surface area contributed by atoms with Crippen LogP contribution >= 0.6 is 0 Å². The second kappa shape index (κ2) is 7.79. The molecule has 0 aromatic rings. The van der Waals surface area contributed by atoms with Crippen molar-refractivity contribution in [1.29, 1.82) is 0 Å². The van der Waals surface area contributed by atoms with Crippen molar-refractivity contribution in [1.82, 2.24) is 10.2 Å². The van der Waals surface area contributed by atoms with Gasteiger partial charge in [0.2, 0.25) is 0 Å². The summed E-state index contributed by atoms with van der Waals surface area (Å²) in [4.78, 5) is 2.77. The van der Waals surface area contributed by atoms with E-state index in [1.165, 1.54) is 57.9 Å². The summed E-state index contributed by atoms with van der Waals surface area (Å²) in [6.07, 6.45) is 11.2. The van der Waals surface area contributed by atoms with Crippen LogP contribution in [0.4, 0.5) is 0 Å². The van der Waals surface area contributed by atoms with E-state index < -0.39 is 0 Å². The molecule has 2 fully saturated rings. The summed E-state index contributed by atoms with van der Waals surface area (Å²) >= 11 is 0.